The molecule has 1 aliphatic rings. The minimum absolute atomic E-state index is 0.143. The molecule has 1 rings (SSSR count). The Hall–Kier alpha value is -0.930. The molecule has 0 amide bonds. The summed E-state index contributed by atoms with van der Waals surface area (Å²) in [5.41, 5.74) is -2.20. The van der Waals surface area contributed by atoms with E-state index < -0.39 is 23.9 Å². The molecule has 4 N–H and O–H groups in total. The number of rotatable bonds is 1. The number of hydrogen-bond acceptors (Lipinski definition) is 4. The van der Waals surface area contributed by atoms with E-state index in [2.05, 4.69) is 4.85 Å². The summed E-state index contributed by atoms with van der Waals surface area (Å²) in [6, 6.07) is 0. The van der Waals surface area contributed by atoms with E-state index in [1.54, 1.807) is 0 Å². The molecular formula is C8H11NO4. The Balaban J connectivity index is 3.03. The summed E-state index contributed by atoms with van der Waals surface area (Å²) in [5, 5.41) is 37.5. The van der Waals surface area contributed by atoms with Crippen molar-refractivity contribution in [2.45, 2.75) is 30.8 Å². The van der Waals surface area contributed by atoms with Gasteiger partial charge in [0.1, 0.15) is 11.7 Å². The normalized spacial score (nSPS) is 41.1. The van der Waals surface area contributed by atoms with E-state index >= 15 is 0 Å². The Morgan fingerprint density at radius 2 is 2.15 bits per heavy atom. The van der Waals surface area contributed by atoms with Gasteiger partial charge in [-0.1, -0.05) is 0 Å². The summed E-state index contributed by atoms with van der Waals surface area (Å²) in [4.78, 5) is 2.93. The van der Waals surface area contributed by atoms with Crippen molar-refractivity contribution in [3.63, 3.8) is 0 Å². The van der Waals surface area contributed by atoms with Crippen LogP contribution >= 0.6 is 0 Å². The summed E-state index contributed by atoms with van der Waals surface area (Å²) in [6.07, 6.45) is -3.20. The van der Waals surface area contributed by atoms with Gasteiger partial charge in [-0.2, -0.15) is 0 Å². The van der Waals surface area contributed by atoms with Crippen molar-refractivity contribution in [1.82, 2.24) is 0 Å². The van der Waals surface area contributed by atoms with Gasteiger partial charge in [0.25, 0.3) is 0 Å². The summed E-state index contributed by atoms with van der Waals surface area (Å²) >= 11 is 0. The van der Waals surface area contributed by atoms with Gasteiger partial charge < -0.3 is 20.4 Å². The molecule has 0 fully saturated rings. The molecule has 1 aliphatic carbocycles. The van der Waals surface area contributed by atoms with Crippen LogP contribution in [0.15, 0.2) is 11.8 Å². The Morgan fingerprint density at radius 1 is 1.62 bits per heavy atom. The van der Waals surface area contributed by atoms with Gasteiger partial charge >= 0.3 is 0 Å². The average molecular weight is 185 g/mol. The van der Waals surface area contributed by atoms with E-state index in [4.69, 9.17) is 11.7 Å². The summed E-state index contributed by atoms with van der Waals surface area (Å²) in [7, 11) is 0. The highest BCUT2D eigenvalue weighted by Crippen LogP contribution is 2.33. The van der Waals surface area contributed by atoms with Crippen LogP contribution in [-0.4, -0.2) is 44.3 Å². The van der Waals surface area contributed by atoms with Gasteiger partial charge in [0.15, 0.2) is 5.70 Å². The topological polar surface area (TPSA) is 85.3 Å². The molecule has 0 radical (unpaired) electrons. The number of hydrogen-bond donors (Lipinski definition) is 4. The minimum atomic E-state index is -2.06. The first-order chi connectivity index (χ1) is 5.94. The van der Waals surface area contributed by atoms with Crippen LogP contribution in [0.3, 0.4) is 0 Å². The molecule has 5 nitrogen and oxygen atoms in total. The van der Waals surface area contributed by atoms with Crippen molar-refractivity contribution < 1.29 is 20.4 Å². The third-order valence-electron chi connectivity index (χ3n) is 2.32. The lowest BCUT2D eigenvalue weighted by atomic mass is 9.90. The molecule has 0 aromatic carbocycles. The van der Waals surface area contributed by atoms with Crippen molar-refractivity contribution >= 4 is 0 Å². The fourth-order valence-corrected chi connectivity index (χ4v) is 1.36. The Labute approximate surface area is 75.4 Å². The fraction of sp³-hybridized carbons (Fsp3) is 0.625. The highest BCUT2D eigenvalue weighted by Gasteiger charge is 2.52. The molecule has 0 aromatic heterocycles. The van der Waals surface area contributed by atoms with Crippen molar-refractivity contribution in [1.29, 1.82) is 0 Å². The summed E-state index contributed by atoms with van der Waals surface area (Å²) < 4.78 is 0. The molecule has 5 heteroatoms. The lowest BCUT2D eigenvalue weighted by molar-refractivity contribution is -0.162. The van der Waals surface area contributed by atoms with Crippen LogP contribution < -0.4 is 0 Å². The lowest BCUT2D eigenvalue weighted by Gasteiger charge is -2.33. The monoisotopic (exact) mass is 185 g/mol. The quantitative estimate of drug-likeness (QED) is 0.380. The van der Waals surface area contributed by atoms with Crippen LogP contribution in [0.2, 0.25) is 0 Å². The first kappa shape index (κ1) is 10.2. The molecule has 0 heterocycles. The Morgan fingerprint density at radius 3 is 2.38 bits per heavy atom. The van der Waals surface area contributed by atoms with E-state index in [0.29, 0.717) is 0 Å². The highest BCUT2D eigenvalue weighted by atomic mass is 16.4. The minimum Gasteiger partial charge on any atom is -0.396 e. The van der Waals surface area contributed by atoms with Crippen molar-refractivity contribution in [2.75, 3.05) is 0 Å². The van der Waals surface area contributed by atoms with Crippen LogP contribution in [0.25, 0.3) is 4.85 Å². The van der Waals surface area contributed by atoms with Crippen molar-refractivity contribution in [3.05, 3.63) is 23.2 Å². The predicted octanol–water partition coefficient (Wildman–Crippen LogP) is -1.36. The smallest absolute Gasteiger partial charge is 0.195 e. The molecule has 0 unspecified atom stereocenters. The Bertz CT molecular complexity index is 280. The number of aliphatic hydroxyl groups is 4. The van der Waals surface area contributed by atoms with E-state index in [1.807, 2.05) is 0 Å². The maximum absolute atomic E-state index is 9.66. The van der Waals surface area contributed by atoms with Crippen LogP contribution in [0.1, 0.15) is 6.92 Å². The third kappa shape index (κ3) is 1.24. The van der Waals surface area contributed by atoms with Gasteiger partial charge in [-0.3, -0.25) is 0 Å². The first-order valence-electron chi connectivity index (χ1n) is 3.80. The second-order valence-corrected chi connectivity index (χ2v) is 3.11. The van der Waals surface area contributed by atoms with E-state index in [1.165, 1.54) is 6.92 Å². The van der Waals surface area contributed by atoms with Crippen molar-refractivity contribution in [3.8, 4) is 0 Å². The molecule has 0 saturated heterocycles. The van der Waals surface area contributed by atoms with Gasteiger partial charge in [0.2, 0.25) is 0 Å². The predicted molar refractivity (Wildman–Crippen MR) is 43.3 cm³/mol. The first-order valence-corrected chi connectivity index (χ1v) is 3.80. The van der Waals surface area contributed by atoms with Gasteiger partial charge in [0, 0.05) is 0 Å². The van der Waals surface area contributed by atoms with Gasteiger partial charge in [-0.25, -0.2) is 4.85 Å². The average Bonchev–Trinajstić information content (AvgIpc) is 2.30. The van der Waals surface area contributed by atoms with Crippen molar-refractivity contribution in [2.24, 2.45) is 0 Å². The second-order valence-electron chi connectivity index (χ2n) is 3.11. The Kier molecular flexibility index (Phi) is 2.41. The molecule has 72 valence electrons. The van der Waals surface area contributed by atoms with E-state index in [-0.39, 0.29) is 5.70 Å². The zero-order chi connectivity index (χ0) is 10.2. The molecule has 0 bridgehead atoms. The largest absolute Gasteiger partial charge is 0.396 e. The zero-order valence-electron chi connectivity index (χ0n) is 7.05. The lowest BCUT2D eigenvalue weighted by Crippen LogP contribution is -2.55. The molecule has 0 spiro atoms. The van der Waals surface area contributed by atoms with E-state index in [9.17, 15) is 15.3 Å². The van der Waals surface area contributed by atoms with Gasteiger partial charge in [0.05, 0.1) is 18.8 Å². The van der Waals surface area contributed by atoms with Crippen LogP contribution in [0.5, 0.6) is 0 Å². The van der Waals surface area contributed by atoms with Gasteiger partial charge in [-0.05, 0) is 13.0 Å². The number of aliphatic hydroxyl groups excluding tert-OH is 3. The highest BCUT2D eigenvalue weighted by molar-refractivity contribution is 5.32. The maximum atomic E-state index is 9.66. The fourth-order valence-electron chi connectivity index (χ4n) is 1.36. The summed E-state index contributed by atoms with van der Waals surface area (Å²) in [5.74, 6) is 0. The standard InChI is InChI=1S/C8H11NO4/c1-4(10)8(13)6(11)3-5(9-2)7(8)12/h3-4,6-7,10-13H,1H3/t4-,6+,7+,8-/m1/s1. The molecule has 13 heavy (non-hydrogen) atoms. The zero-order valence-corrected chi connectivity index (χ0v) is 7.05. The molecule has 0 saturated carbocycles. The van der Waals surface area contributed by atoms with Gasteiger partial charge in [-0.15, -0.1) is 0 Å². The van der Waals surface area contributed by atoms with Crippen LogP contribution in [0.4, 0.5) is 0 Å². The maximum Gasteiger partial charge on any atom is 0.195 e. The molecule has 0 aliphatic heterocycles. The molecular weight excluding hydrogens is 174 g/mol. The summed E-state index contributed by atoms with van der Waals surface area (Å²) in [6.45, 7) is 7.87. The molecule has 4 atom stereocenters. The molecule has 0 aromatic rings. The SMILES string of the molecule is [C-]#[N+]C1=C[C@H](O)[C@](O)([C@@H](C)O)[C@H]1O. The number of nitrogens with zero attached hydrogens (tertiary/aromatic N) is 1. The van der Waals surface area contributed by atoms with E-state index in [0.717, 1.165) is 6.08 Å². The third-order valence-corrected chi connectivity index (χ3v) is 2.32. The second kappa shape index (κ2) is 3.09. The van der Waals surface area contributed by atoms with Crippen LogP contribution in [-0.2, 0) is 0 Å². The van der Waals surface area contributed by atoms with Crippen LogP contribution in [0, 0.1) is 6.57 Å².